The van der Waals surface area contributed by atoms with Gasteiger partial charge in [-0.05, 0) is 0 Å². The van der Waals surface area contributed by atoms with Crippen LogP contribution in [-0.4, -0.2) is 9.76 Å². The minimum absolute atomic E-state index is 0. The van der Waals surface area contributed by atoms with E-state index in [0.717, 1.165) is 0 Å². The Morgan fingerprint density at radius 2 is 1.75 bits per heavy atom. The van der Waals surface area contributed by atoms with E-state index in [1.54, 1.807) is 6.55 Å². The van der Waals surface area contributed by atoms with Gasteiger partial charge in [0.05, 0.1) is 0 Å². The first-order valence-electron chi connectivity index (χ1n) is 0.704. The van der Waals surface area contributed by atoms with E-state index in [-0.39, 0.29) is 39.3 Å². The Labute approximate surface area is 50.6 Å². The molecule has 0 heterocycles. The van der Waals surface area contributed by atoms with Gasteiger partial charge < -0.3 is 4.80 Å². The molecule has 18 valence electrons. The zero-order chi connectivity index (χ0) is 2.71. The predicted octanol–water partition coefficient (Wildman–Crippen LogP) is -3.98. The van der Waals surface area contributed by atoms with E-state index < -0.39 is 0 Å². The molecule has 0 rings (SSSR count). The van der Waals surface area contributed by atoms with Crippen LogP contribution in [0.5, 0.6) is 0 Å². The molecular weight excluding hydrogens is 79.1 g/mol. The van der Waals surface area contributed by atoms with Gasteiger partial charge in [0, 0.05) is 0 Å². The van der Waals surface area contributed by atoms with Crippen LogP contribution in [0.4, 0.5) is 0 Å². The van der Waals surface area contributed by atoms with Crippen molar-refractivity contribution in [1.29, 1.82) is 0 Å². The summed E-state index contributed by atoms with van der Waals surface area (Å²) in [6, 6.07) is 0. The van der Waals surface area contributed by atoms with Gasteiger partial charge in [-0.15, -0.1) is 0 Å². The van der Waals surface area contributed by atoms with Gasteiger partial charge in [-0.1, -0.05) is 16.3 Å². The van der Waals surface area contributed by atoms with Crippen LogP contribution in [0.3, 0.4) is 0 Å². The third-order valence-electron chi connectivity index (χ3n) is 0. The molecule has 1 nitrogen and oxygen atoms in total. The Balaban J connectivity index is 0. The minimum atomic E-state index is -0.167. The Morgan fingerprint density at radius 1 is 1.75 bits per heavy atom. The first kappa shape index (κ1) is 8.95. The van der Waals surface area contributed by atoms with Gasteiger partial charge in [-0.3, -0.25) is 0 Å². The molecule has 0 aliphatic carbocycles. The summed E-state index contributed by atoms with van der Waals surface area (Å²) in [6.07, 6.45) is 0. The molecule has 0 fully saturated rings. The Kier molecular flexibility index (Phi) is 19.9. The molecule has 0 bridgehead atoms. The molecule has 0 saturated carbocycles. The van der Waals surface area contributed by atoms with E-state index in [2.05, 4.69) is 0 Å². The molecule has 0 aliphatic heterocycles. The van der Waals surface area contributed by atoms with Crippen molar-refractivity contribution in [2.75, 3.05) is 0 Å². The van der Waals surface area contributed by atoms with Crippen molar-refractivity contribution in [2.24, 2.45) is 0 Å². The fourth-order valence-electron chi connectivity index (χ4n) is 0. The van der Waals surface area contributed by atoms with Gasteiger partial charge in [-0.25, -0.2) is 0 Å². The largest absolute Gasteiger partial charge is 1.00 e. The van der Waals surface area contributed by atoms with Crippen LogP contribution in [0.1, 0.15) is 0 Å². The summed E-state index contributed by atoms with van der Waals surface area (Å²) in [5.74, 6) is 0. The summed E-state index contributed by atoms with van der Waals surface area (Å²) in [4.78, 5) is 8.96. The molecule has 0 N–H and O–H groups in total. The van der Waals surface area contributed by atoms with Gasteiger partial charge in [0.15, 0.2) is 0 Å². The van der Waals surface area contributed by atoms with E-state index in [0.29, 0.717) is 0 Å². The second-order valence-electron chi connectivity index (χ2n) is 0.204. The van der Waals surface area contributed by atoms with E-state index in [9.17, 15) is 0 Å². The molecule has 0 atom stereocenters. The van der Waals surface area contributed by atoms with E-state index in [4.69, 9.17) is 4.80 Å². The quantitative estimate of drug-likeness (QED) is 0.273. The van der Waals surface area contributed by atoms with E-state index in [1.165, 1.54) is 0 Å². The smallest absolute Gasteiger partial charge is 0.863 e. The second kappa shape index (κ2) is 8.90. The molecule has 0 aromatic rings. The minimum Gasteiger partial charge on any atom is -0.863 e. The molecule has 2 radical (unpaired) electrons. The molecule has 0 aliphatic rings. The molecule has 0 amide bonds. The van der Waals surface area contributed by atoms with Gasteiger partial charge >= 0.3 is 29.6 Å². The van der Waals surface area contributed by atoms with Crippen LogP contribution in [0.25, 0.3) is 0 Å². The molecule has 0 aromatic carbocycles. The van der Waals surface area contributed by atoms with Crippen molar-refractivity contribution in [3.05, 3.63) is 0 Å². The average Bonchev–Trinajstić information content (AvgIpc) is 0.918. The van der Waals surface area contributed by atoms with Crippen molar-refractivity contribution in [1.82, 2.24) is 0 Å². The zero-order valence-corrected chi connectivity index (χ0v) is 5.91. The van der Waals surface area contributed by atoms with Crippen LogP contribution in [-0.2, 0) is 0 Å². The molecule has 0 saturated heterocycles. The van der Waals surface area contributed by atoms with Crippen LogP contribution < -0.4 is 34.4 Å². The first-order valence-corrected chi connectivity index (χ1v) is 2.11. The van der Waals surface area contributed by atoms with E-state index >= 15 is 0 Å². The van der Waals surface area contributed by atoms with Gasteiger partial charge in [0.2, 0.25) is 0 Å². The fraction of sp³-hybridized carbons (Fsp3) is 1.00. The van der Waals surface area contributed by atoms with Gasteiger partial charge in [0.25, 0.3) is 0 Å². The number of hydrogen-bond donors (Lipinski definition) is 0. The molecule has 0 spiro atoms. The SMILES string of the molecule is C[Si][O-].[Na+]. The van der Waals surface area contributed by atoms with Crippen molar-refractivity contribution >= 4 is 9.76 Å². The molecule has 3 heteroatoms. The third-order valence-corrected chi connectivity index (χ3v) is 0. The van der Waals surface area contributed by atoms with Crippen molar-refractivity contribution in [3.8, 4) is 0 Å². The average molecular weight is 82.1 g/mol. The normalized spacial score (nSPS) is 4.50. The Morgan fingerprint density at radius 3 is 1.75 bits per heavy atom. The maximum absolute atomic E-state index is 8.96. The maximum Gasteiger partial charge on any atom is 1.00 e. The summed E-state index contributed by atoms with van der Waals surface area (Å²) in [7, 11) is -0.167. The zero-order valence-electron chi connectivity index (χ0n) is 2.91. The summed E-state index contributed by atoms with van der Waals surface area (Å²) >= 11 is 0. The Bertz CT molecular complexity index is 8.00. The van der Waals surface area contributed by atoms with Crippen LogP contribution in [0, 0.1) is 0 Å². The molecule has 4 heavy (non-hydrogen) atoms. The predicted molar refractivity (Wildman–Crippen MR) is 11.6 cm³/mol. The van der Waals surface area contributed by atoms with E-state index in [1.807, 2.05) is 0 Å². The standard InChI is InChI=1S/CH3OSi.Na/c1-3-2;/h1H3;/q-1;+1. The number of rotatable bonds is 0. The van der Waals surface area contributed by atoms with Crippen LogP contribution in [0.2, 0.25) is 6.55 Å². The topological polar surface area (TPSA) is 23.1 Å². The monoisotopic (exact) mass is 82.0 g/mol. The molecular formula is CH3NaOSi. The van der Waals surface area contributed by atoms with Gasteiger partial charge in [-0.2, -0.15) is 0 Å². The molecule has 0 unspecified atom stereocenters. The summed E-state index contributed by atoms with van der Waals surface area (Å²) in [5, 5.41) is 0. The van der Waals surface area contributed by atoms with Gasteiger partial charge in [0.1, 0.15) is 0 Å². The fourth-order valence-corrected chi connectivity index (χ4v) is 0. The van der Waals surface area contributed by atoms with Crippen LogP contribution >= 0.6 is 0 Å². The third kappa shape index (κ3) is 10.9. The van der Waals surface area contributed by atoms with Crippen LogP contribution in [0.15, 0.2) is 0 Å². The van der Waals surface area contributed by atoms with Crippen molar-refractivity contribution < 1.29 is 34.4 Å². The number of hydrogen-bond acceptors (Lipinski definition) is 1. The van der Waals surface area contributed by atoms with Crippen molar-refractivity contribution in [3.63, 3.8) is 0 Å². The Hall–Kier alpha value is 1.18. The summed E-state index contributed by atoms with van der Waals surface area (Å²) < 4.78 is 0. The summed E-state index contributed by atoms with van der Waals surface area (Å²) in [5.41, 5.74) is 0. The molecule has 0 aromatic heterocycles. The maximum atomic E-state index is 8.96. The first-order chi connectivity index (χ1) is 1.41. The summed E-state index contributed by atoms with van der Waals surface area (Å²) in [6.45, 7) is 1.60. The second-order valence-corrected chi connectivity index (χ2v) is 0.612. The van der Waals surface area contributed by atoms with Crippen molar-refractivity contribution in [2.45, 2.75) is 6.55 Å².